The van der Waals surface area contributed by atoms with E-state index in [4.69, 9.17) is 9.15 Å². The third kappa shape index (κ3) is 2.20. The molecular formula is C17H14N2O3. The summed E-state index contributed by atoms with van der Waals surface area (Å²) in [5, 5.41) is 3.89. The van der Waals surface area contributed by atoms with Crippen molar-refractivity contribution in [3.63, 3.8) is 0 Å². The number of carbonyl (C=O) groups is 1. The Morgan fingerprint density at radius 2 is 2.14 bits per heavy atom. The second-order valence-electron chi connectivity index (χ2n) is 5.20. The quantitative estimate of drug-likeness (QED) is 0.789. The molecule has 5 nitrogen and oxygen atoms in total. The molecule has 0 spiro atoms. The molecule has 1 aliphatic heterocycles. The molecule has 0 radical (unpaired) electrons. The zero-order valence-corrected chi connectivity index (χ0v) is 11.8. The lowest BCUT2D eigenvalue weighted by Gasteiger charge is -2.25. The molecule has 1 aromatic carbocycles. The van der Waals surface area contributed by atoms with Crippen molar-refractivity contribution >= 4 is 16.9 Å². The number of benzene rings is 1. The highest BCUT2D eigenvalue weighted by Crippen LogP contribution is 2.30. The maximum Gasteiger partial charge on any atom is 0.287 e. The zero-order chi connectivity index (χ0) is 14.9. The number of pyridine rings is 1. The summed E-state index contributed by atoms with van der Waals surface area (Å²) in [6, 6.07) is 12.8. The molecule has 3 aromatic rings. The highest BCUT2D eigenvalue weighted by molar-refractivity contribution is 5.96. The average Bonchev–Trinajstić information content (AvgIpc) is 2.99. The number of para-hydroxylation sites is 1. The van der Waals surface area contributed by atoms with E-state index >= 15 is 0 Å². The number of rotatable bonds is 2. The van der Waals surface area contributed by atoms with Crippen LogP contribution < -0.4 is 10.1 Å². The topological polar surface area (TPSA) is 64.4 Å². The number of furan rings is 1. The van der Waals surface area contributed by atoms with Crippen molar-refractivity contribution in [1.29, 1.82) is 0 Å². The third-order valence-electron chi connectivity index (χ3n) is 3.75. The first-order valence-corrected chi connectivity index (χ1v) is 7.18. The highest BCUT2D eigenvalue weighted by atomic mass is 16.5. The van der Waals surface area contributed by atoms with Crippen LogP contribution in [0, 0.1) is 0 Å². The van der Waals surface area contributed by atoms with Crippen LogP contribution in [0.25, 0.3) is 11.0 Å². The lowest BCUT2D eigenvalue weighted by atomic mass is 10.1. The summed E-state index contributed by atoms with van der Waals surface area (Å²) in [5.41, 5.74) is 1.47. The van der Waals surface area contributed by atoms with Crippen molar-refractivity contribution in [3.8, 4) is 5.75 Å². The molecule has 0 fully saturated rings. The Kier molecular flexibility index (Phi) is 3.04. The van der Waals surface area contributed by atoms with Gasteiger partial charge < -0.3 is 14.5 Å². The third-order valence-corrected chi connectivity index (χ3v) is 3.75. The predicted molar refractivity (Wildman–Crippen MR) is 80.8 cm³/mol. The number of hydrogen-bond donors (Lipinski definition) is 1. The van der Waals surface area contributed by atoms with Gasteiger partial charge in [-0.05, 0) is 24.3 Å². The van der Waals surface area contributed by atoms with Gasteiger partial charge in [0.05, 0.1) is 12.6 Å². The van der Waals surface area contributed by atoms with Crippen LogP contribution in [-0.4, -0.2) is 17.5 Å². The first-order valence-electron chi connectivity index (χ1n) is 7.18. The molecule has 0 saturated heterocycles. The Morgan fingerprint density at radius 1 is 1.23 bits per heavy atom. The number of amides is 1. The van der Waals surface area contributed by atoms with E-state index in [1.165, 1.54) is 0 Å². The molecule has 1 unspecified atom stereocenters. The van der Waals surface area contributed by atoms with E-state index in [9.17, 15) is 4.79 Å². The average molecular weight is 294 g/mol. The first-order chi connectivity index (χ1) is 10.8. The van der Waals surface area contributed by atoms with Crippen molar-refractivity contribution in [2.75, 3.05) is 6.61 Å². The molecule has 4 rings (SSSR count). The molecule has 0 bridgehead atoms. The zero-order valence-electron chi connectivity index (χ0n) is 11.8. The molecule has 22 heavy (non-hydrogen) atoms. The number of aromatic nitrogens is 1. The fourth-order valence-electron chi connectivity index (χ4n) is 2.67. The maximum absolute atomic E-state index is 12.4. The monoisotopic (exact) mass is 294 g/mol. The number of nitrogens with one attached hydrogen (secondary N) is 1. The highest BCUT2D eigenvalue weighted by Gasteiger charge is 2.25. The molecule has 5 heteroatoms. The van der Waals surface area contributed by atoms with Crippen LogP contribution in [0.5, 0.6) is 5.75 Å². The van der Waals surface area contributed by atoms with Crippen molar-refractivity contribution in [3.05, 3.63) is 60.1 Å². The van der Waals surface area contributed by atoms with Gasteiger partial charge in [0.15, 0.2) is 5.76 Å². The Hall–Kier alpha value is -2.82. The standard InChI is InChI=1S/C17H14N2O3/c20-17(15-10-11-4-1-2-5-13(11)22-15)19-12-7-9-21-14-6-3-8-18-16(12)14/h1-6,8,10,12H,7,9H2,(H,19,20). The summed E-state index contributed by atoms with van der Waals surface area (Å²) in [7, 11) is 0. The van der Waals surface area contributed by atoms with Gasteiger partial charge in [-0.15, -0.1) is 0 Å². The molecule has 3 heterocycles. The summed E-state index contributed by atoms with van der Waals surface area (Å²) in [4.78, 5) is 16.7. The van der Waals surface area contributed by atoms with E-state index in [2.05, 4.69) is 10.3 Å². The molecule has 0 saturated carbocycles. The number of ether oxygens (including phenoxy) is 1. The minimum Gasteiger partial charge on any atom is -0.491 e. The number of hydrogen-bond acceptors (Lipinski definition) is 4. The van der Waals surface area contributed by atoms with Crippen LogP contribution in [0.4, 0.5) is 0 Å². The van der Waals surface area contributed by atoms with Crippen LogP contribution in [0.15, 0.2) is 53.1 Å². The van der Waals surface area contributed by atoms with Crippen LogP contribution >= 0.6 is 0 Å². The van der Waals surface area contributed by atoms with E-state index < -0.39 is 0 Å². The van der Waals surface area contributed by atoms with Gasteiger partial charge in [0.25, 0.3) is 5.91 Å². The van der Waals surface area contributed by atoms with Gasteiger partial charge in [-0.3, -0.25) is 9.78 Å². The summed E-state index contributed by atoms with van der Waals surface area (Å²) >= 11 is 0. The molecule has 1 N–H and O–H groups in total. The SMILES string of the molecule is O=C(NC1CCOc2cccnc21)c1cc2ccccc2o1. The van der Waals surface area contributed by atoms with Gasteiger partial charge in [-0.1, -0.05) is 18.2 Å². The second kappa shape index (κ2) is 5.18. The van der Waals surface area contributed by atoms with Crippen molar-refractivity contribution in [2.24, 2.45) is 0 Å². The van der Waals surface area contributed by atoms with E-state index in [0.717, 1.165) is 16.8 Å². The van der Waals surface area contributed by atoms with E-state index in [0.29, 0.717) is 24.4 Å². The van der Waals surface area contributed by atoms with Crippen LogP contribution in [-0.2, 0) is 0 Å². The summed E-state index contributed by atoms with van der Waals surface area (Å²) in [6.07, 6.45) is 2.39. The van der Waals surface area contributed by atoms with Gasteiger partial charge in [-0.2, -0.15) is 0 Å². The molecule has 0 aliphatic carbocycles. The fraction of sp³-hybridized carbons (Fsp3) is 0.176. The minimum absolute atomic E-state index is 0.161. The van der Waals surface area contributed by atoms with E-state index in [-0.39, 0.29) is 11.9 Å². The molecular weight excluding hydrogens is 280 g/mol. The molecule has 110 valence electrons. The molecule has 1 amide bonds. The maximum atomic E-state index is 12.4. The first kappa shape index (κ1) is 12.9. The van der Waals surface area contributed by atoms with E-state index in [1.807, 2.05) is 36.4 Å². The number of fused-ring (bicyclic) bond motifs is 2. The van der Waals surface area contributed by atoms with Crippen molar-refractivity contribution in [1.82, 2.24) is 10.3 Å². The Morgan fingerprint density at radius 3 is 3.05 bits per heavy atom. The molecule has 1 atom stereocenters. The normalized spacial score (nSPS) is 16.8. The second-order valence-corrected chi connectivity index (χ2v) is 5.20. The largest absolute Gasteiger partial charge is 0.491 e. The summed E-state index contributed by atoms with van der Waals surface area (Å²) in [5.74, 6) is 0.800. The number of nitrogens with zero attached hydrogens (tertiary/aromatic N) is 1. The summed E-state index contributed by atoms with van der Waals surface area (Å²) in [6.45, 7) is 0.559. The van der Waals surface area contributed by atoms with Gasteiger partial charge in [0.2, 0.25) is 0 Å². The summed E-state index contributed by atoms with van der Waals surface area (Å²) < 4.78 is 11.1. The van der Waals surface area contributed by atoms with Crippen molar-refractivity contribution < 1.29 is 13.9 Å². The predicted octanol–water partition coefficient (Wildman–Crippen LogP) is 3.08. The Labute approximate surface area is 126 Å². The van der Waals surface area contributed by atoms with Gasteiger partial charge >= 0.3 is 0 Å². The number of carbonyl (C=O) groups excluding carboxylic acids is 1. The smallest absolute Gasteiger partial charge is 0.287 e. The van der Waals surface area contributed by atoms with Crippen LogP contribution in [0.3, 0.4) is 0 Å². The Bertz CT molecular complexity index is 808. The molecule has 2 aromatic heterocycles. The van der Waals surface area contributed by atoms with Crippen LogP contribution in [0.1, 0.15) is 28.7 Å². The Balaban J connectivity index is 1.60. The molecule has 1 aliphatic rings. The van der Waals surface area contributed by atoms with Gasteiger partial charge in [0, 0.05) is 18.0 Å². The lowest BCUT2D eigenvalue weighted by Crippen LogP contribution is -2.32. The van der Waals surface area contributed by atoms with Gasteiger partial charge in [-0.25, -0.2) is 0 Å². The minimum atomic E-state index is -0.236. The van der Waals surface area contributed by atoms with Gasteiger partial charge in [0.1, 0.15) is 17.0 Å². The van der Waals surface area contributed by atoms with Crippen LogP contribution in [0.2, 0.25) is 0 Å². The fourth-order valence-corrected chi connectivity index (χ4v) is 2.67. The van der Waals surface area contributed by atoms with E-state index in [1.54, 1.807) is 12.3 Å². The lowest BCUT2D eigenvalue weighted by molar-refractivity contribution is 0.0897. The van der Waals surface area contributed by atoms with Crippen molar-refractivity contribution in [2.45, 2.75) is 12.5 Å².